The summed E-state index contributed by atoms with van der Waals surface area (Å²) < 4.78 is 0. The lowest BCUT2D eigenvalue weighted by atomic mass is 9.97. The quantitative estimate of drug-likeness (QED) is 0.836. The van der Waals surface area contributed by atoms with Crippen LogP contribution in [0, 0.1) is 11.8 Å². The van der Waals surface area contributed by atoms with E-state index in [0.29, 0.717) is 0 Å². The Morgan fingerprint density at radius 3 is 2.76 bits per heavy atom. The van der Waals surface area contributed by atoms with E-state index in [9.17, 15) is 0 Å². The van der Waals surface area contributed by atoms with Crippen LogP contribution in [0.3, 0.4) is 0 Å². The summed E-state index contributed by atoms with van der Waals surface area (Å²) in [5.41, 5.74) is 0. The number of piperidine rings is 1. The van der Waals surface area contributed by atoms with Gasteiger partial charge in [-0.2, -0.15) is 0 Å². The highest BCUT2D eigenvalue weighted by Gasteiger charge is 2.19. The lowest BCUT2D eigenvalue weighted by Gasteiger charge is -2.31. The van der Waals surface area contributed by atoms with Gasteiger partial charge in [0.05, 0.1) is 0 Å². The van der Waals surface area contributed by atoms with Gasteiger partial charge in [0.15, 0.2) is 5.17 Å². The third kappa shape index (κ3) is 4.18. The zero-order chi connectivity index (χ0) is 12.1. The van der Waals surface area contributed by atoms with Gasteiger partial charge in [-0.1, -0.05) is 25.6 Å². The molecule has 17 heavy (non-hydrogen) atoms. The first-order valence-electron chi connectivity index (χ1n) is 6.91. The van der Waals surface area contributed by atoms with Crippen molar-refractivity contribution in [3.63, 3.8) is 0 Å². The van der Waals surface area contributed by atoms with Gasteiger partial charge in [-0.05, 0) is 44.3 Å². The molecule has 1 atom stereocenters. The molecular formula is C13H25N3S. The van der Waals surface area contributed by atoms with Gasteiger partial charge < -0.3 is 10.2 Å². The fourth-order valence-electron chi connectivity index (χ4n) is 2.40. The van der Waals surface area contributed by atoms with Crippen LogP contribution < -0.4 is 5.32 Å². The maximum absolute atomic E-state index is 4.58. The Morgan fingerprint density at radius 1 is 1.41 bits per heavy atom. The monoisotopic (exact) mass is 255 g/mol. The Morgan fingerprint density at radius 2 is 2.18 bits per heavy atom. The van der Waals surface area contributed by atoms with E-state index in [1.165, 1.54) is 43.4 Å². The van der Waals surface area contributed by atoms with Crippen molar-refractivity contribution < 1.29 is 0 Å². The molecule has 2 aliphatic rings. The highest BCUT2D eigenvalue weighted by atomic mass is 32.2. The Balaban J connectivity index is 1.66. The topological polar surface area (TPSA) is 27.6 Å². The van der Waals surface area contributed by atoms with E-state index in [2.05, 4.69) is 29.1 Å². The number of nitrogens with one attached hydrogen (secondary N) is 1. The average Bonchev–Trinajstić information content (AvgIpc) is 2.39. The van der Waals surface area contributed by atoms with E-state index in [1.807, 2.05) is 11.8 Å². The molecule has 2 rings (SSSR count). The van der Waals surface area contributed by atoms with Gasteiger partial charge in [-0.15, -0.1) is 0 Å². The second-order valence-corrected chi connectivity index (χ2v) is 6.33. The number of rotatable bonds is 3. The molecular weight excluding hydrogens is 230 g/mol. The second kappa shape index (κ2) is 6.64. The fraction of sp³-hybridized carbons (Fsp3) is 0.923. The summed E-state index contributed by atoms with van der Waals surface area (Å²) in [4.78, 5) is 7.13. The summed E-state index contributed by atoms with van der Waals surface area (Å²) in [6.07, 6.45) is 2.68. The van der Waals surface area contributed by atoms with Crippen LogP contribution in [0.5, 0.6) is 0 Å². The van der Waals surface area contributed by atoms with Crippen molar-refractivity contribution in [2.75, 3.05) is 38.5 Å². The minimum Gasteiger partial charge on any atom is -0.365 e. The zero-order valence-corrected chi connectivity index (χ0v) is 11.9. The van der Waals surface area contributed by atoms with E-state index in [4.69, 9.17) is 0 Å². The number of hydrogen-bond donors (Lipinski definition) is 1. The van der Waals surface area contributed by atoms with Crippen molar-refractivity contribution in [1.82, 2.24) is 10.2 Å². The molecule has 0 aromatic rings. The van der Waals surface area contributed by atoms with Gasteiger partial charge in [-0.25, -0.2) is 0 Å². The molecule has 0 bridgehead atoms. The SMILES string of the molecule is CCN1CCC(CNC2=NCC(C)CS2)CC1. The summed E-state index contributed by atoms with van der Waals surface area (Å²) in [7, 11) is 0. The third-order valence-corrected chi connectivity index (χ3v) is 5.03. The van der Waals surface area contributed by atoms with E-state index < -0.39 is 0 Å². The van der Waals surface area contributed by atoms with E-state index in [1.54, 1.807) is 0 Å². The van der Waals surface area contributed by atoms with Crippen LogP contribution in [0.4, 0.5) is 0 Å². The minimum absolute atomic E-state index is 0.748. The number of hydrogen-bond acceptors (Lipinski definition) is 4. The van der Waals surface area contributed by atoms with E-state index in [0.717, 1.165) is 24.9 Å². The molecule has 4 heteroatoms. The molecule has 1 fully saturated rings. The van der Waals surface area contributed by atoms with Crippen LogP contribution in [-0.4, -0.2) is 48.5 Å². The van der Waals surface area contributed by atoms with Gasteiger partial charge in [0.25, 0.3) is 0 Å². The smallest absolute Gasteiger partial charge is 0.156 e. The Labute approximate surface area is 109 Å². The predicted octanol–water partition coefficient (Wildman–Crippen LogP) is 2.05. The molecule has 1 unspecified atom stereocenters. The Kier molecular flexibility index (Phi) is 5.16. The Hall–Kier alpha value is -0.220. The molecule has 1 saturated heterocycles. The van der Waals surface area contributed by atoms with Crippen LogP contribution in [0.2, 0.25) is 0 Å². The van der Waals surface area contributed by atoms with Crippen molar-refractivity contribution in [2.24, 2.45) is 16.8 Å². The first-order valence-corrected chi connectivity index (χ1v) is 7.90. The van der Waals surface area contributed by atoms with E-state index in [-0.39, 0.29) is 0 Å². The lowest BCUT2D eigenvalue weighted by molar-refractivity contribution is 0.193. The van der Waals surface area contributed by atoms with Crippen LogP contribution in [0.15, 0.2) is 4.99 Å². The summed E-state index contributed by atoms with van der Waals surface area (Å²) in [5.74, 6) is 2.82. The summed E-state index contributed by atoms with van der Waals surface area (Å²) in [6, 6.07) is 0. The average molecular weight is 255 g/mol. The van der Waals surface area contributed by atoms with Gasteiger partial charge in [-0.3, -0.25) is 4.99 Å². The summed E-state index contributed by atoms with van der Waals surface area (Å²) in [5, 5.41) is 4.72. The van der Waals surface area contributed by atoms with Gasteiger partial charge >= 0.3 is 0 Å². The van der Waals surface area contributed by atoms with Gasteiger partial charge in [0.1, 0.15) is 0 Å². The van der Waals surface area contributed by atoms with Gasteiger partial charge in [0.2, 0.25) is 0 Å². The molecule has 1 N–H and O–H groups in total. The van der Waals surface area contributed by atoms with Crippen LogP contribution in [-0.2, 0) is 0 Å². The van der Waals surface area contributed by atoms with Crippen molar-refractivity contribution in [2.45, 2.75) is 26.7 Å². The third-order valence-electron chi connectivity index (χ3n) is 3.75. The van der Waals surface area contributed by atoms with Crippen molar-refractivity contribution in [1.29, 1.82) is 0 Å². The first-order chi connectivity index (χ1) is 8.28. The molecule has 98 valence electrons. The molecule has 3 nitrogen and oxygen atoms in total. The highest BCUT2D eigenvalue weighted by Crippen LogP contribution is 2.18. The van der Waals surface area contributed by atoms with Crippen molar-refractivity contribution >= 4 is 16.9 Å². The number of aliphatic imine (C=N–C) groups is 1. The van der Waals surface area contributed by atoms with Crippen LogP contribution in [0.1, 0.15) is 26.7 Å². The highest BCUT2D eigenvalue weighted by molar-refractivity contribution is 8.13. The summed E-state index contributed by atoms with van der Waals surface area (Å²) >= 11 is 1.89. The molecule has 0 radical (unpaired) electrons. The van der Waals surface area contributed by atoms with Crippen molar-refractivity contribution in [3.8, 4) is 0 Å². The molecule has 2 heterocycles. The molecule has 2 aliphatic heterocycles. The van der Waals surface area contributed by atoms with Crippen LogP contribution in [0.25, 0.3) is 0 Å². The lowest BCUT2D eigenvalue weighted by Crippen LogP contribution is -2.38. The molecule has 0 saturated carbocycles. The minimum atomic E-state index is 0.748. The van der Waals surface area contributed by atoms with E-state index >= 15 is 0 Å². The predicted molar refractivity (Wildman–Crippen MR) is 76.8 cm³/mol. The summed E-state index contributed by atoms with van der Waals surface area (Å²) in [6.45, 7) is 10.4. The molecule has 0 aromatic carbocycles. The Bertz CT molecular complexity index is 259. The fourth-order valence-corrected chi connectivity index (χ4v) is 3.30. The first kappa shape index (κ1) is 13.2. The number of amidine groups is 1. The molecule has 0 aromatic heterocycles. The molecule has 0 spiro atoms. The largest absolute Gasteiger partial charge is 0.365 e. The molecule has 0 aliphatic carbocycles. The number of thioether (sulfide) groups is 1. The number of nitrogens with zero attached hydrogens (tertiary/aromatic N) is 2. The van der Waals surface area contributed by atoms with Crippen molar-refractivity contribution in [3.05, 3.63) is 0 Å². The standard InChI is InChI=1S/C13H25N3S/c1-3-16-6-4-12(5-7-16)9-15-13-14-8-11(2)10-17-13/h11-12H,3-10H2,1-2H3,(H,14,15). The second-order valence-electron chi connectivity index (χ2n) is 5.32. The normalized spacial score (nSPS) is 27.9. The molecule has 0 amide bonds. The number of likely N-dealkylation sites (tertiary alicyclic amines) is 1. The maximum Gasteiger partial charge on any atom is 0.156 e. The maximum atomic E-state index is 4.58. The zero-order valence-electron chi connectivity index (χ0n) is 11.1. The van der Waals surface area contributed by atoms with Crippen LogP contribution >= 0.6 is 11.8 Å². The van der Waals surface area contributed by atoms with Gasteiger partial charge in [0, 0.05) is 18.8 Å².